The Kier molecular flexibility index (Phi) is 6.45. The van der Waals surface area contributed by atoms with Gasteiger partial charge in [-0.3, -0.25) is 14.4 Å². The summed E-state index contributed by atoms with van der Waals surface area (Å²) in [6, 6.07) is 14.4. The number of amides is 3. The molecule has 5 rings (SSSR count). The van der Waals surface area contributed by atoms with Crippen LogP contribution in [0.4, 0.5) is 11.4 Å². The molecule has 3 heterocycles. The number of carbonyl (C=O) groups excluding carboxylic acids is 3. The maximum absolute atomic E-state index is 14.0. The van der Waals surface area contributed by atoms with Crippen LogP contribution in [0.25, 0.3) is 0 Å². The van der Waals surface area contributed by atoms with Gasteiger partial charge in [-0.2, -0.15) is 0 Å². The first kappa shape index (κ1) is 25.2. The van der Waals surface area contributed by atoms with Crippen LogP contribution in [0.1, 0.15) is 33.1 Å². The van der Waals surface area contributed by atoms with Crippen molar-refractivity contribution in [1.82, 2.24) is 4.90 Å². The van der Waals surface area contributed by atoms with Crippen molar-refractivity contribution in [2.24, 2.45) is 11.8 Å². The number of aliphatic hydroxyl groups is 1. The lowest BCUT2D eigenvalue weighted by Crippen LogP contribution is -2.56. The van der Waals surface area contributed by atoms with E-state index >= 15 is 0 Å². The topological polar surface area (TPSA) is 117 Å². The predicted molar refractivity (Wildman–Crippen MR) is 137 cm³/mol. The lowest BCUT2D eigenvalue weighted by molar-refractivity contribution is -0.146. The Bertz CT molecular complexity index is 1180. The Morgan fingerprint density at radius 2 is 1.73 bits per heavy atom. The van der Waals surface area contributed by atoms with Crippen molar-refractivity contribution in [2.45, 2.75) is 56.4 Å². The number of methoxy groups -OCH3 is 1. The second-order valence-electron chi connectivity index (χ2n) is 10.3. The van der Waals surface area contributed by atoms with Crippen LogP contribution in [-0.4, -0.2) is 64.7 Å². The van der Waals surface area contributed by atoms with E-state index in [0.717, 1.165) is 0 Å². The summed E-state index contributed by atoms with van der Waals surface area (Å²) in [4.78, 5) is 43.0. The molecule has 9 heteroatoms. The third kappa shape index (κ3) is 3.97. The molecule has 6 atom stereocenters. The highest BCUT2D eigenvalue weighted by Gasteiger charge is 2.78. The number of nitrogens with one attached hydrogen (secondary N) is 2. The van der Waals surface area contributed by atoms with Gasteiger partial charge in [0.2, 0.25) is 17.7 Å². The van der Waals surface area contributed by atoms with E-state index in [1.54, 1.807) is 43.5 Å². The van der Waals surface area contributed by atoms with Crippen LogP contribution < -0.4 is 15.4 Å². The van der Waals surface area contributed by atoms with E-state index in [-0.39, 0.29) is 18.4 Å². The highest BCUT2D eigenvalue weighted by atomic mass is 16.5. The fraction of sp³-hybridized carbons (Fsp3) is 0.464. The number of nitrogens with zero attached hydrogens (tertiary/aromatic N) is 1. The number of benzene rings is 2. The van der Waals surface area contributed by atoms with Crippen molar-refractivity contribution < 1.29 is 29.0 Å². The second kappa shape index (κ2) is 9.46. The number of likely N-dealkylation sites (tertiary alicyclic amines) is 1. The average Bonchev–Trinajstić information content (AvgIpc) is 3.47. The van der Waals surface area contributed by atoms with E-state index < -0.39 is 41.0 Å². The summed E-state index contributed by atoms with van der Waals surface area (Å²) in [5, 5.41) is 16.0. The van der Waals surface area contributed by atoms with Gasteiger partial charge in [-0.05, 0) is 62.6 Å². The number of rotatable bonds is 8. The van der Waals surface area contributed by atoms with Gasteiger partial charge in [-0.25, -0.2) is 0 Å². The zero-order valence-corrected chi connectivity index (χ0v) is 21.3. The first-order chi connectivity index (χ1) is 17.8. The van der Waals surface area contributed by atoms with Crippen LogP contribution in [0.15, 0.2) is 54.6 Å². The molecule has 0 aliphatic carbocycles. The van der Waals surface area contributed by atoms with Gasteiger partial charge >= 0.3 is 0 Å². The van der Waals surface area contributed by atoms with Gasteiger partial charge in [0, 0.05) is 11.4 Å². The summed E-state index contributed by atoms with van der Waals surface area (Å²) in [5.41, 5.74) is -0.868. The van der Waals surface area contributed by atoms with E-state index in [9.17, 15) is 19.5 Å². The lowest BCUT2D eigenvalue weighted by Gasteiger charge is -2.36. The molecule has 9 nitrogen and oxygen atoms in total. The molecule has 3 fully saturated rings. The standard InChI is InChI=1S/C28H33N3O6/c1-4-19(16-32)31-23(25(34)30-18-10-12-20(36-3)13-11-18)28-15-14-27(2,37-28)21(22(28)26(31)35)24(33)29-17-8-6-5-7-9-17/h5-13,19,21-23,32H,4,14-16H2,1-3H3,(H,29,33)(H,30,34)/t19-,21-,22-,23?,27+,28?/m0/s1. The third-order valence-corrected chi connectivity index (χ3v) is 8.22. The SMILES string of the molecule is CC[C@@H](CO)N1C(=O)[C@@H]2[C@@H](C(=O)Nc3ccccc3)[C@@]3(C)CCC2(O3)C1C(=O)Nc1ccc(OC)cc1. The second-order valence-corrected chi connectivity index (χ2v) is 10.3. The van der Waals surface area contributed by atoms with Crippen LogP contribution in [-0.2, 0) is 19.1 Å². The number of hydrogen-bond donors (Lipinski definition) is 3. The molecule has 0 aromatic heterocycles. The summed E-state index contributed by atoms with van der Waals surface area (Å²) < 4.78 is 11.8. The fourth-order valence-electron chi connectivity index (χ4n) is 6.50. The van der Waals surface area contributed by atoms with Crippen molar-refractivity contribution in [2.75, 3.05) is 24.4 Å². The molecule has 3 amide bonds. The molecule has 37 heavy (non-hydrogen) atoms. The largest absolute Gasteiger partial charge is 0.497 e. The molecule has 3 saturated heterocycles. The van der Waals surface area contributed by atoms with Crippen molar-refractivity contribution in [3.05, 3.63) is 54.6 Å². The van der Waals surface area contributed by atoms with Gasteiger partial charge < -0.3 is 30.1 Å². The summed E-state index contributed by atoms with van der Waals surface area (Å²) in [5.74, 6) is -1.98. The van der Waals surface area contributed by atoms with Crippen molar-refractivity contribution in [3.8, 4) is 5.75 Å². The van der Waals surface area contributed by atoms with Crippen LogP contribution in [0.3, 0.4) is 0 Å². The van der Waals surface area contributed by atoms with Gasteiger partial charge in [0.1, 0.15) is 17.4 Å². The molecule has 3 N–H and O–H groups in total. The van der Waals surface area contributed by atoms with E-state index in [0.29, 0.717) is 36.4 Å². The van der Waals surface area contributed by atoms with E-state index in [4.69, 9.17) is 9.47 Å². The Morgan fingerprint density at radius 3 is 2.35 bits per heavy atom. The number of ether oxygens (including phenoxy) is 2. The van der Waals surface area contributed by atoms with Crippen molar-refractivity contribution in [1.29, 1.82) is 0 Å². The van der Waals surface area contributed by atoms with Crippen LogP contribution in [0, 0.1) is 11.8 Å². The van der Waals surface area contributed by atoms with Crippen LogP contribution >= 0.6 is 0 Å². The zero-order chi connectivity index (χ0) is 26.4. The van der Waals surface area contributed by atoms with Crippen molar-refractivity contribution >= 4 is 29.1 Å². The number of fused-ring (bicyclic) bond motifs is 1. The number of hydrogen-bond acceptors (Lipinski definition) is 6. The highest BCUT2D eigenvalue weighted by Crippen LogP contribution is 2.63. The predicted octanol–water partition coefficient (Wildman–Crippen LogP) is 2.81. The fourth-order valence-corrected chi connectivity index (χ4v) is 6.50. The third-order valence-electron chi connectivity index (χ3n) is 8.22. The van der Waals surface area contributed by atoms with E-state index in [1.165, 1.54) is 4.90 Å². The highest BCUT2D eigenvalue weighted by molar-refractivity contribution is 6.05. The molecule has 2 aromatic rings. The molecule has 3 aliphatic rings. The molecular formula is C28H33N3O6. The maximum atomic E-state index is 14.0. The molecule has 0 saturated carbocycles. The Morgan fingerprint density at radius 1 is 1.08 bits per heavy atom. The number of para-hydroxylation sites is 1. The molecule has 196 valence electrons. The Labute approximate surface area is 216 Å². The normalized spacial score (nSPS) is 30.6. The Hall–Kier alpha value is -3.43. The minimum atomic E-state index is -1.16. The maximum Gasteiger partial charge on any atom is 0.250 e. The van der Waals surface area contributed by atoms with Gasteiger partial charge in [0.05, 0.1) is 37.2 Å². The quantitative estimate of drug-likeness (QED) is 0.506. The zero-order valence-electron chi connectivity index (χ0n) is 21.3. The monoisotopic (exact) mass is 507 g/mol. The summed E-state index contributed by atoms with van der Waals surface area (Å²) in [6.07, 6.45) is 1.46. The molecule has 2 unspecified atom stereocenters. The summed E-state index contributed by atoms with van der Waals surface area (Å²) >= 11 is 0. The number of carbonyl (C=O) groups is 3. The van der Waals surface area contributed by atoms with Gasteiger partial charge in [0.15, 0.2) is 0 Å². The van der Waals surface area contributed by atoms with Crippen molar-refractivity contribution in [3.63, 3.8) is 0 Å². The van der Waals surface area contributed by atoms with Gasteiger partial charge in [-0.1, -0.05) is 25.1 Å². The molecule has 3 aliphatic heterocycles. The minimum Gasteiger partial charge on any atom is -0.497 e. The molecular weight excluding hydrogens is 474 g/mol. The smallest absolute Gasteiger partial charge is 0.250 e. The summed E-state index contributed by atoms with van der Waals surface area (Å²) in [6.45, 7) is 3.42. The number of anilines is 2. The van der Waals surface area contributed by atoms with E-state index in [2.05, 4.69) is 10.6 Å². The molecule has 0 radical (unpaired) electrons. The Balaban J connectivity index is 1.51. The van der Waals surface area contributed by atoms with Gasteiger partial charge in [-0.15, -0.1) is 0 Å². The van der Waals surface area contributed by atoms with E-state index in [1.807, 2.05) is 32.0 Å². The lowest BCUT2D eigenvalue weighted by atomic mass is 9.66. The number of aliphatic hydroxyl groups excluding tert-OH is 1. The molecule has 1 spiro atoms. The van der Waals surface area contributed by atoms with Crippen LogP contribution in [0.5, 0.6) is 5.75 Å². The first-order valence-electron chi connectivity index (χ1n) is 12.7. The van der Waals surface area contributed by atoms with Gasteiger partial charge in [0.25, 0.3) is 0 Å². The van der Waals surface area contributed by atoms with Crippen LogP contribution in [0.2, 0.25) is 0 Å². The first-order valence-corrected chi connectivity index (χ1v) is 12.7. The molecule has 2 aromatic carbocycles. The minimum absolute atomic E-state index is 0.296. The average molecular weight is 508 g/mol. The molecule has 2 bridgehead atoms. The summed E-state index contributed by atoms with van der Waals surface area (Å²) in [7, 11) is 1.56.